The molecule has 0 fully saturated rings. The van der Waals surface area contributed by atoms with Crippen LogP contribution in [-0.4, -0.2) is 26.1 Å². The molecule has 0 radical (unpaired) electrons. The van der Waals surface area contributed by atoms with Gasteiger partial charge in [0.1, 0.15) is 0 Å². The first-order valence-electron chi connectivity index (χ1n) is 3.75. The van der Waals surface area contributed by atoms with Crippen molar-refractivity contribution in [2.75, 3.05) is 21.1 Å². The lowest BCUT2D eigenvalue weighted by Crippen LogP contribution is -3.00. The number of halogens is 1. The van der Waals surface area contributed by atoms with Gasteiger partial charge in [0.2, 0.25) is 5.82 Å². The lowest BCUT2D eigenvalue weighted by molar-refractivity contribution is -0.00000271. The molecular weight excluding hydrogens is 172 g/mol. The summed E-state index contributed by atoms with van der Waals surface area (Å²) in [6.45, 7) is 2.05. The van der Waals surface area contributed by atoms with Gasteiger partial charge in [-0.1, -0.05) is 6.07 Å². The van der Waals surface area contributed by atoms with Gasteiger partial charge < -0.3 is 12.4 Å². The summed E-state index contributed by atoms with van der Waals surface area (Å²) in [6, 6.07) is 4.15. The zero-order valence-corrected chi connectivity index (χ0v) is 8.76. The molecule has 0 N–H and O–H groups in total. The number of aryl methyl sites for hydroxylation is 1. The fourth-order valence-corrected chi connectivity index (χ4v) is 0.857. The molecule has 2 nitrogen and oxygen atoms in total. The van der Waals surface area contributed by atoms with Crippen LogP contribution in [-0.2, 0) is 0 Å². The van der Waals surface area contributed by atoms with Crippen molar-refractivity contribution in [3.63, 3.8) is 0 Å². The maximum absolute atomic E-state index is 4.32. The van der Waals surface area contributed by atoms with Gasteiger partial charge in [-0.25, -0.2) is 4.98 Å². The van der Waals surface area contributed by atoms with Crippen LogP contribution in [0.4, 0.5) is 5.82 Å². The summed E-state index contributed by atoms with van der Waals surface area (Å²) in [6.07, 6.45) is 1.90. The zero-order valence-electron chi connectivity index (χ0n) is 8.00. The average Bonchev–Trinajstić information content (AvgIpc) is 1.86. The molecule has 0 spiro atoms. The second kappa shape index (κ2) is 3.87. The van der Waals surface area contributed by atoms with Crippen molar-refractivity contribution < 1.29 is 12.4 Å². The van der Waals surface area contributed by atoms with Crippen LogP contribution in [0.3, 0.4) is 0 Å². The number of aromatic nitrogens is 1. The zero-order chi connectivity index (χ0) is 8.48. The highest BCUT2D eigenvalue weighted by Crippen LogP contribution is 2.12. The Balaban J connectivity index is 0.00000121. The van der Waals surface area contributed by atoms with Gasteiger partial charge in [0.15, 0.2) is 0 Å². The molecule has 68 valence electrons. The van der Waals surface area contributed by atoms with Gasteiger partial charge in [-0.2, -0.15) is 0 Å². The lowest BCUT2D eigenvalue weighted by atomic mass is 10.3. The number of nitrogens with zero attached hydrogens (tertiary/aromatic N) is 2. The molecule has 1 rings (SSSR count). The Hall–Kier alpha value is -0.600. The highest BCUT2D eigenvalue weighted by molar-refractivity contribution is 5.32. The van der Waals surface area contributed by atoms with E-state index in [2.05, 4.69) is 38.3 Å². The molecule has 0 unspecified atom stereocenters. The van der Waals surface area contributed by atoms with Gasteiger partial charge in [0, 0.05) is 12.3 Å². The van der Waals surface area contributed by atoms with E-state index in [1.54, 1.807) is 0 Å². The standard InChI is InChI=1S/C9H15N2.ClH/c1-8-5-6-9(10-7-8)11(2,3)4;/h5-7H,1-4H3;1H/q+1;/p-1. The van der Waals surface area contributed by atoms with Crippen LogP contribution in [0.2, 0.25) is 0 Å². The molecule has 0 saturated heterocycles. The smallest absolute Gasteiger partial charge is 0.226 e. The minimum Gasteiger partial charge on any atom is -1.00 e. The first-order valence-corrected chi connectivity index (χ1v) is 3.75. The quantitative estimate of drug-likeness (QED) is 0.492. The van der Waals surface area contributed by atoms with E-state index in [0.717, 1.165) is 10.3 Å². The van der Waals surface area contributed by atoms with E-state index in [4.69, 9.17) is 0 Å². The molecular formula is C9H15ClN2. The van der Waals surface area contributed by atoms with Gasteiger partial charge in [0.25, 0.3) is 0 Å². The molecule has 0 aliphatic carbocycles. The summed E-state index contributed by atoms with van der Waals surface area (Å²) in [5.41, 5.74) is 1.21. The Labute approximate surface area is 80.2 Å². The molecule has 0 atom stereocenters. The molecule has 3 heteroatoms. The predicted octanol–water partition coefficient (Wildman–Crippen LogP) is -1.41. The highest BCUT2D eigenvalue weighted by Gasteiger charge is 2.11. The van der Waals surface area contributed by atoms with Crippen LogP contribution in [0.15, 0.2) is 18.3 Å². The van der Waals surface area contributed by atoms with E-state index in [-0.39, 0.29) is 12.4 Å². The summed E-state index contributed by atoms with van der Waals surface area (Å²) in [4.78, 5) is 4.32. The highest BCUT2D eigenvalue weighted by atomic mass is 35.5. The van der Waals surface area contributed by atoms with Gasteiger partial charge in [-0.3, -0.25) is 4.48 Å². The number of pyridine rings is 1. The molecule has 0 aromatic carbocycles. The van der Waals surface area contributed by atoms with Crippen molar-refractivity contribution in [1.82, 2.24) is 9.47 Å². The summed E-state index contributed by atoms with van der Waals surface area (Å²) >= 11 is 0. The summed E-state index contributed by atoms with van der Waals surface area (Å²) < 4.78 is 0.778. The normalized spacial score (nSPS) is 10.7. The van der Waals surface area contributed by atoms with E-state index in [9.17, 15) is 0 Å². The van der Waals surface area contributed by atoms with Crippen molar-refractivity contribution >= 4 is 5.82 Å². The van der Waals surface area contributed by atoms with Crippen molar-refractivity contribution in [3.8, 4) is 0 Å². The summed E-state index contributed by atoms with van der Waals surface area (Å²) in [7, 11) is 6.33. The Morgan fingerprint density at radius 2 is 1.75 bits per heavy atom. The number of hydrogen-bond acceptors (Lipinski definition) is 1. The van der Waals surface area contributed by atoms with Gasteiger partial charge in [-0.15, -0.1) is 0 Å². The van der Waals surface area contributed by atoms with Crippen LogP contribution in [0, 0.1) is 6.92 Å². The lowest BCUT2D eigenvalue weighted by Gasteiger charge is -2.21. The van der Waals surface area contributed by atoms with Crippen molar-refractivity contribution in [2.45, 2.75) is 6.92 Å². The monoisotopic (exact) mass is 186 g/mol. The second-order valence-corrected chi connectivity index (χ2v) is 3.71. The molecule has 0 amide bonds. The van der Waals surface area contributed by atoms with Crippen LogP contribution in [0.5, 0.6) is 0 Å². The van der Waals surface area contributed by atoms with Crippen LogP contribution in [0.25, 0.3) is 0 Å². The topological polar surface area (TPSA) is 12.9 Å². The molecule has 0 aliphatic rings. The van der Waals surface area contributed by atoms with E-state index < -0.39 is 0 Å². The molecule has 12 heavy (non-hydrogen) atoms. The van der Waals surface area contributed by atoms with E-state index >= 15 is 0 Å². The Morgan fingerprint density at radius 1 is 1.17 bits per heavy atom. The maximum Gasteiger partial charge on any atom is 0.226 e. The van der Waals surface area contributed by atoms with Gasteiger partial charge in [0.05, 0.1) is 21.1 Å². The van der Waals surface area contributed by atoms with E-state index in [1.165, 1.54) is 5.56 Å². The Kier molecular flexibility index (Phi) is 3.68. The number of hydrogen-bond donors (Lipinski definition) is 0. The first kappa shape index (κ1) is 11.4. The van der Waals surface area contributed by atoms with Gasteiger partial charge >= 0.3 is 0 Å². The fraction of sp³-hybridized carbons (Fsp3) is 0.444. The molecule has 0 aliphatic heterocycles. The van der Waals surface area contributed by atoms with Crippen LogP contribution in [0.1, 0.15) is 5.56 Å². The first-order chi connectivity index (χ1) is 5.00. The average molecular weight is 187 g/mol. The third kappa shape index (κ3) is 2.80. The van der Waals surface area contributed by atoms with Crippen LogP contribution >= 0.6 is 0 Å². The minimum absolute atomic E-state index is 0. The molecule has 1 heterocycles. The number of quaternary nitrogens is 1. The predicted molar refractivity (Wildman–Crippen MR) is 48.5 cm³/mol. The summed E-state index contributed by atoms with van der Waals surface area (Å²) in [5, 5.41) is 0. The van der Waals surface area contributed by atoms with Crippen LogP contribution < -0.4 is 16.9 Å². The van der Waals surface area contributed by atoms with Crippen molar-refractivity contribution in [2.24, 2.45) is 0 Å². The summed E-state index contributed by atoms with van der Waals surface area (Å²) in [5.74, 6) is 1.09. The third-order valence-corrected chi connectivity index (χ3v) is 1.58. The van der Waals surface area contributed by atoms with Gasteiger partial charge in [-0.05, 0) is 12.5 Å². The van der Waals surface area contributed by atoms with Crippen molar-refractivity contribution in [1.29, 1.82) is 0 Å². The largest absolute Gasteiger partial charge is 1.00 e. The Bertz CT molecular complexity index is 236. The number of rotatable bonds is 1. The molecule has 0 bridgehead atoms. The minimum atomic E-state index is 0. The van der Waals surface area contributed by atoms with E-state index in [1.807, 2.05) is 13.1 Å². The second-order valence-electron chi connectivity index (χ2n) is 3.71. The molecule has 0 saturated carbocycles. The van der Waals surface area contributed by atoms with Crippen molar-refractivity contribution in [3.05, 3.63) is 23.9 Å². The molecule has 1 aromatic heterocycles. The Morgan fingerprint density at radius 3 is 2.08 bits per heavy atom. The third-order valence-electron chi connectivity index (χ3n) is 1.58. The maximum atomic E-state index is 4.32. The molecule has 1 aromatic rings. The SMILES string of the molecule is Cc1ccc([N+](C)(C)C)nc1.[Cl-]. The fourth-order valence-electron chi connectivity index (χ4n) is 0.857. The van der Waals surface area contributed by atoms with E-state index in [0.29, 0.717) is 0 Å².